The number of hydrogen-bond acceptors (Lipinski definition) is 3. The number of hydrazine groups is 1. The predicted molar refractivity (Wildman–Crippen MR) is 55.6 cm³/mol. The zero-order valence-electron chi connectivity index (χ0n) is 8.18. The maximum atomic E-state index is 10.9. The Balaban J connectivity index is 1.91. The number of para-hydroxylation sites is 1. The monoisotopic (exact) mass is 204 g/mol. The molecule has 1 aromatic carbocycles. The predicted octanol–water partition coefficient (Wildman–Crippen LogP) is 0.779. The first kappa shape index (κ1) is 8.73. The van der Waals surface area contributed by atoms with Crippen molar-refractivity contribution in [3.63, 3.8) is 0 Å². The average molecular weight is 204 g/mol. The third kappa shape index (κ3) is 1.22. The first-order valence-electron chi connectivity index (χ1n) is 5.12. The number of carbonyl (C=O) groups is 1. The summed E-state index contributed by atoms with van der Waals surface area (Å²) in [6, 6.07) is 8.02. The lowest BCUT2D eigenvalue weighted by Crippen LogP contribution is -2.40. The van der Waals surface area contributed by atoms with Crippen LogP contribution in [0.2, 0.25) is 0 Å². The van der Waals surface area contributed by atoms with Crippen LogP contribution >= 0.6 is 0 Å². The molecule has 4 heteroatoms. The summed E-state index contributed by atoms with van der Waals surface area (Å²) in [5.74, 6) is -0.762. The van der Waals surface area contributed by atoms with E-state index in [-0.39, 0.29) is 0 Å². The summed E-state index contributed by atoms with van der Waals surface area (Å²) in [5, 5.41) is 10.9. The van der Waals surface area contributed by atoms with E-state index in [9.17, 15) is 4.79 Å². The SMILES string of the molecule is O=C(O)[C@H]1C[C@H]2Cc3ccccc3N2N1. The molecule has 0 aromatic heterocycles. The van der Waals surface area contributed by atoms with Gasteiger partial charge >= 0.3 is 5.97 Å². The van der Waals surface area contributed by atoms with Crippen molar-refractivity contribution in [1.29, 1.82) is 0 Å². The standard InChI is InChI=1S/C11H12N2O2/c14-11(15)9-6-8-5-7-3-1-2-4-10(7)13(8)12-9/h1-4,8-9,12H,5-6H2,(H,14,15)/t8-,9-/m1/s1. The Morgan fingerprint density at radius 3 is 3.07 bits per heavy atom. The highest BCUT2D eigenvalue weighted by Crippen LogP contribution is 2.35. The van der Waals surface area contributed by atoms with Crippen LogP contribution in [0.1, 0.15) is 12.0 Å². The molecule has 0 unspecified atom stereocenters. The second-order valence-electron chi connectivity index (χ2n) is 4.11. The quantitative estimate of drug-likeness (QED) is 0.709. The van der Waals surface area contributed by atoms with Gasteiger partial charge < -0.3 is 10.1 Å². The Bertz CT molecular complexity index is 419. The topological polar surface area (TPSA) is 52.6 Å². The van der Waals surface area contributed by atoms with Crippen molar-refractivity contribution in [2.45, 2.75) is 24.9 Å². The molecule has 2 aliphatic heterocycles. The van der Waals surface area contributed by atoms with Gasteiger partial charge in [-0.05, 0) is 24.5 Å². The van der Waals surface area contributed by atoms with E-state index < -0.39 is 12.0 Å². The van der Waals surface area contributed by atoms with E-state index in [1.54, 1.807) is 0 Å². The highest BCUT2D eigenvalue weighted by atomic mass is 16.4. The summed E-state index contributed by atoms with van der Waals surface area (Å²) in [6.07, 6.45) is 1.64. The molecule has 3 rings (SSSR count). The van der Waals surface area contributed by atoms with Crippen molar-refractivity contribution in [3.05, 3.63) is 29.8 Å². The van der Waals surface area contributed by atoms with Crippen molar-refractivity contribution in [1.82, 2.24) is 5.43 Å². The highest BCUT2D eigenvalue weighted by molar-refractivity contribution is 5.76. The van der Waals surface area contributed by atoms with E-state index in [0.717, 1.165) is 12.1 Å². The normalized spacial score (nSPS) is 27.6. The maximum Gasteiger partial charge on any atom is 0.322 e. The van der Waals surface area contributed by atoms with Gasteiger partial charge in [0.15, 0.2) is 0 Å². The maximum absolute atomic E-state index is 10.9. The van der Waals surface area contributed by atoms with E-state index in [1.807, 2.05) is 23.2 Å². The van der Waals surface area contributed by atoms with E-state index >= 15 is 0 Å². The first-order valence-corrected chi connectivity index (χ1v) is 5.12. The van der Waals surface area contributed by atoms with Gasteiger partial charge in [-0.2, -0.15) is 0 Å². The van der Waals surface area contributed by atoms with E-state index in [1.165, 1.54) is 5.56 Å². The Kier molecular flexibility index (Phi) is 1.73. The zero-order chi connectivity index (χ0) is 10.4. The van der Waals surface area contributed by atoms with Crippen molar-refractivity contribution >= 4 is 11.7 Å². The van der Waals surface area contributed by atoms with Crippen LogP contribution in [0.5, 0.6) is 0 Å². The molecule has 2 heterocycles. The fourth-order valence-corrected chi connectivity index (χ4v) is 2.47. The van der Waals surface area contributed by atoms with Crippen LogP contribution in [0.4, 0.5) is 5.69 Å². The van der Waals surface area contributed by atoms with Gasteiger partial charge in [-0.15, -0.1) is 0 Å². The van der Waals surface area contributed by atoms with Crippen LogP contribution < -0.4 is 10.4 Å². The molecule has 1 aromatic rings. The third-order valence-electron chi connectivity index (χ3n) is 3.17. The lowest BCUT2D eigenvalue weighted by molar-refractivity contribution is -0.139. The molecule has 2 atom stereocenters. The van der Waals surface area contributed by atoms with Crippen molar-refractivity contribution in [3.8, 4) is 0 Å². The van der Waals surface area contributed by atoms with Crippen molar-refractivity contribution in [2.75, 3.05) is 5.01 Å². The van der Waals surface area contributed by atoms with Gasteiger partial charge in [0.25, 0.3) is 0 Å². The van der Waals surface area contributed by atoms with Crippen LogP contribution in [0.15, 0.2) is 24.3 Å². The van der Waals surface area contributed by atoms with Crippen LogP contribution in [-0.2, 0) is 11.2 Å². The van der Waals surface area contributed by atoms with Gasteiger partial charge in [-0.1, -0.05) is 18.2 Å². The molecule has 0 aliphatic carbocycles. The Labute approximate surface area is 87.5 Å². The molecule has 0 spiro atoms. The van der Waals surface area contributed by atoms with Crippen molar-refractivity contribution < 1.29 is 9.90 Å². The minimum atomic E-state index is -0.762. The Morgan fingerprint density at radius 2 is 2.27 bits per heavy atom. The molecule has 15 heavy (non-hydrogen) atoms. The van der Waals surface area contributed by atoms with Gasteiger partial charge in [-0.25, -0.2) is 5.43 Å². The van der Waals surface area contributed by atoms with E-state index in [0.29, 0.717) is 12.5 Å². The summed E-state index contributed by atoms with van der Waals surface area (Å²) < 4.78 is 0. The molecular weight excluding hydrogens is 192 g/mol. The molecule has 0 amide bonds. The fourth-order valence-electron chi connectivity index (χ4n) is 2.47. The Hall–Kier alpha value is -1.55. The van der Waals surface area contributed by atoms with Gasteiger partial charge in [0.1, 0.15) is 6.04 Å². The van der Waals surface area contributed by atoms with Crippen LogP contribution in [0.25, 0.3) is 0 Å². The van der Waals surface area contributed by atoms with Gasteiger partial charge in [-0.3, -0.25) is 4.79 Å². The lowest BCUT2D eigenvalue weighted by Gasteiger charge is -2.18. The molecule has 1 fully saturated rings. The zero-order valence-corrected chi connectivity index (χ0v) is 8.18. The molecule has 0 radical (unpaired) electrons. The number of rotatable bonds is 1. The lowest BCUT2D eigenvalue weighted by atomic mass is 10.1. The van der Waals surface area contributed by atoms with Gasteiger partial charge in [0, 0.05) is 0 Å². The van der Waals surface area contributed by atoms with Crippen LogP contribution in [0, 0.1) is 0 Å². The number of nitrogens with zero attached hydrogens (tertiary/aromatic N) is 1. The van der Waals surface area contributed by atoms with Crippen molar-refractivity contribution in [2.24, 2.45) is 0 Å². The summed E-state index contributed by atoms with van der Waals surface area (Å²) in [5.41, 5.74) is 5.48. The Morgan fingerprint density at radius 1 is 1.47 bits per heavy atom. The average Bonchev–Trinajstić information content (AvgIpc) is 2.73. The largest absolute Gasteiger partial charge is 0.480 e. The van der Waals surface area contributed by atoms with Gasteiger partial charge in [0.2, 0.25) is 0 Å². The smallest absolute Gasteiger partial charge is 0.322 e. The third-order valence-corrected chi connectivity index (χ3v) is 3.17. The number of hydrogen-bond donors (Lipinski definition) is 2. The number of fused-ring (bicyclic) bond motifs is 3. The molecule has 4 nitrogen and oxygen atoms in total. The number of anilines is 1. The first-order chi connectivity index (χ1) is 7.25. The summed E-state index contributed by atoms with van der Waals surface area (Å²) in [4.78, 5) is 10.9. The number of aliphatic carboxylic acids is 1. The van der Waals surface area contributed by atoms with E-state index in [4.69, 9.17) is 5.11 Å². The van der Waals surface area contributed by atoms with E-state index in [2.05, 4.69) is 11.5 Å². The van der Waals surface area contributed by atoms with Crippen LogP contribution in [-0.4, -0.2) is 23.2 Å². The minimum Gasteiger partial charge on any atom is -0.480 e. The molecule has 0 bridgehead atoms. The molecule has 0 saturated carbocycles. The summed E-state index contributed by atoms with van der Waals surface area (Å²) >= 11 is 0. The summed E-state index contributed by atoms with van der Waals surface area (Å²) in [7, 11) is 0. The second kappa shape index (κ2) is 2.97. The molecular formula is C11H12N2O2. The highest BCUT2D eigenvalue weighted by Gasteiger charge is 2.40. The molecule has 2 aliphatic rings. The molecule has 1 saturated heterocycles. The summed E-state index contributed by atoms with van der Waals surface area (Å²) in [6.45, 7) is 0. The van der Waals surface area contributed by atoms with Gasteiger partial charge in [0.05, 0.1) is 11.7 Å². The number of nitrogens with one attached hydrogen (secondary N) is 1. The fraction of sp³-hybridized carbons (Fsp3) is 0.364. The number of benzene rings is 1. The molecule has 78 valence electrons. The second-order valence-corrected chi connectivity index (χ2v) is 4.11. The number of carboxylic acids is 1. The number of carboxylic acid groups (broad SMARTS) is 1. The minimum absolute atomic E-state index is 0.309. The molecule has 2 N–H and O–H groups in total. The van der Waals surface area contributed by atoms with Crippen LogP contribution in [0.3, 0.4) is 0 Å².